The summed E-state index contributed by atoms with van der Waals surface area (Å²) in [4.78, 5) is 0. The fraction of sp³-hybridized carbons (Fsp3) is 0.571. The molecule has 1 aromatic carbocycles. The molecule has 0 saturated carbocycles. The van der Waals surface area contributed by atoms with Gasteiger partial charge in [-0.1, -0.05) is 39.8 Å². The van der Waals surface area contributed by atoms with E-state index < -0.39 is 0 Å². The number of hydrogen-bond donors (Lipinski definition) is 0. The van der Waals surface area contributed by atoms with Gasteiger partial charge in [0.15, 0.2) is 0 Å². The third-order valence-corrected chi connectivity index (χ3v) is 2.07. The van der Waals surface area contributed by atoms with E-state index in [0.29, 0.717) is 0 Å². The minimum absolute atomic E-state index is 0.885. The van der Waals surface area contributed by atoms with E-state index >= 15 is 0 Å². The fourth-order valence-electron chi connectivity index (χ4n) is 1.45. The second kappa shape index (κ2) is 8.34. The van der Waals surface area contributed by atoms with Crippen LogP contribution in [0.1, 0.15) is 45.2 Å². The molecule has 0 radical (unpaired) electrons. The lowest BCUT2D eigenvalue weighted by molar-refractivity contribution is 0.288. The van der Waals surface area contributed by atoms with Crippen LogP contribution in [0.25, 0.3) is 0 Å². The molecule has 1 aliphatic heterocycles. The molecule has 2 rings (SSSR count). The fourth-order valence-corrected chi connectivity index (χ4v) is 1.45. The molecule has 1 aliphatic rings. The van der Waals surface area contributed by atoms with E-state index in [-0.39, 0.29) is 0 Å². The van der Waals surface area contributed by atoms with Crippen LogP contribution >= 0.6 is 0 Å². The first kappa shape index (κ1) is 14.0. The zero-order valence-corrected chi connectivity index (χ0v) is 10.8. The van der Waals surface area contributed by atoms with Crippen LogP contribution in [0.2, 0.25) is 0 Å². The minimum atomic E-state index is 0.885. The summed E-state index contributed by atoms with van der Waals surface area (Å²) in [6, 6.07) is 6.44. The quantitative estimate of drug-likeness (QED) is 0.615. The van der Waals surface area contributed by atoms with Gasteiger partial charge < -0.3 is 4.74 Å². The van der Waals surface area contributed by atoms with Crippen molar-refractivity contribution in [3.63, 3.8) is 0 Å². The zero-order valence-electron chi connectivity index (χ0n) is 10.8. The van der Waals surface area contributed by atoms with E-state index in [1.54, 1.807) is 0 Å². The molecule has 0 aromatic heterocycles. The molecule has 0 bridgehead atoms. The molecule has 0 unspecified atom stereocenters. The molecule has 0 fully saturated rings. The van der Waals surface area contributed by atoms with Gasteiger partial charge in [0.05, 0.1) is 6.61 Å². The van der Waals surface area contributed by atoms with E-state index in [1.165, 1.54) is 17.5 Å². The Kier molecular flexibility index (Phi) is 7.79. The Balaban J connectivity index is 0.000000442. The van der Waals surface area contributed by atoms with Crippen LogP contribution < -0.4 is 4.74 Å². The second-order valence-corrected chi connectivity index (χ2v) is 3.06. The summed E-state index contributed by atoms with van der Waals surface area (Å²) < 4.78 is 5.50. The Morgan fingerprint density at radius 3 is 2.40 bits per heavy atom. The topological polar surface area (TPSA) is 9.23 Å². The number of aryl methyl sites for hydroxylation is 2. The highest BCUT2D eigenvalue weighted by Gasteiger charge is 2.08. The first-order valence-electron chi connectivity index (χ1n) is 6.08. The maximum atomic E-state index is 5.50. The Hall–Kier alpha value is -0.980. The molecule has 1 heterocycles. The Morgan fingerprint density at radius 1 is 1.07 bits per heavy atom. The highest BCUT2D eigenvalue weighted by Crippen LogP contribution is 2.25. The van der Waals surface area contributed by atoms with Crippen molar-refractivity contribution < 1.29 is 4.74 Å². The van der Waals surface area contributed by atoms with Gasteiger partial charge in [-0.3, -0.25) is 0 Å². The first-order chi connectivity index (χ1) is 7.36. The smallest absolute Gasteiger partial charge is 0.122 e. The number of ether oxygens (including phenoxy) is 1. The zero-order chi connectivity index (χ0) is 11.7. The van der Waals surface area contributed by atoms with Gasteiger partial charge in [0.1, 0.15) is 5.75 Å². The van der Waals surface area contributed by atoms with E-state index in [9.17, 15) is 0 Å². The average Bonchev–Trinajstić information content (AvgIpc) is 2.34. The largest absolute Gasteiger partial charge is 0.493 e. The van der Waals surface area contributed by atoms with Crippen molar-refractivity contribution in [3.8, 4) is 5.75 Å². The number of rotatable bonds is 0. The van der Waals surface area contributed by atoms with Gasteiger partial charge in [-0.2, -0.15) is 0 Å². The maximum absolute atomic E-state index is 5.50. The molecule has 1 aromatic rings. The molecular formula is C14H24O. The van der Waals surface area contributed by atoms with Crippen LogP contribution in [0.15, 0.2) is 18.2 Å². The van der Waals surface area contributed by atoms with Gasteiger partial charge in [0, 0.05) is 0 Å². The third-order valence-electron chi connectivity index (χ3n) is 2.07. The lowest BCUT2D eigenvalue weighted by Gasteiger charge is -2.16. The summed E-state index contributed by atoms with van der Waals surface area (Å²) in [6.45, 7) is 11.0. The van der Waals surface area contributed by atoms with E-state index in [4.69, 9.17) is 4.74 Å². The molecule has 0 N–H and O–H groups in total. The first-order valence-corrected chi connectivity index (χ1v) is 6.08. The van der Waals surface area contributed by atoms with Gasteiger partial charge in [0.25, 0.3) is 0 Å². The molecule has 0 saturated heterocycles. The van der Waals surface area contributed by atoms with Gasteiger partial charge in [-0.05, 0) is 37.0 Å². The summed E-state index contributed by atoms with van der Waals surface area (Å²) in [6.07, 6.45) is 2.34. The maximum Gasteiger partial charge on any atom is 0.122 e. The molecule has 0 spiro atoms. The minimum Gasteiger partial charge on any atom is -0.493 e. The van der Waals surface area contributed by atoms with Crippen LogP contribution in [-0.4, -0.2) is 6.61 Å². The van der Waals surface area contributed by atoms with Crippen LogP contribution in [0.5, 0.6) is 5.75 Å². The Bertz CT molecular complexity index is 266. The van der Waals surface area contributed by atoms with Crippen molar-refractivity contribution >= 4 is 0 Å². The van der Waals surface area contributed by atoms with Crippen molar-refractivity contribution in [1.82, 2.24) is 0 Å². The predicted molar refractivity (Wildman–Crippen MR) is 67.7 cm³/mol. The molecule has 0 atom stereocenters. The summed E-state index contributed by atoms with van der Waals surface area (Å²) in [5.74, 6) is 1.09. The monoisotopic (exact) mass is 208 g/mol. The summed E-state index contributed by atoms with van der Waals surface area (Å²) >= 11 is 0. The van der Waals surface area contributed by atoms with Crippen LogP contribution in [0, 0.1) is 6.92 Å². The van der Waals surface area contributed by atoms with E-state index in [0.717, 1.165) is 18.8 Å². The van der Waals surface area contributed by atoms with E-state index in [1.807, 2.05) is 27.7 Å². The van der Waals surface area contributed by atoms with Crippen LogP contribution in [0.4, 0.5) is 0 Å². The van der Waals surface area contributed by atoms with Crippen molar-refractivity contribution in [3.05, 3.63) is 29.3 Å². The lowest BCUT2D eigenvalue weighted by Crippen LogP contribution is -2.07. The molecular weight excluding hydrogens is 184 g/mol. The van der Waals surface area contributed by atoms with Gasteiger partial charge in [0.2, 0.25) is 0 Å². The number of hydrogen-bond acceptors (Lipinski definition) is 1. The standard InChI is InChI=1S/C10H12O.2C2H6/c1-8-4-5-9-3-2-6-11-10(9)7-8;2*1-2/h4-5,7H,2-3,6H2,1H3;2*1-2H3. The highest BCUT2D eigenvalue weighted by atomic mass is 16.5. The summed E-state index contributed by atoms with van der Waals surface area (Å²) in [5, 5.41) is 0. The van der Waals surface area contributed by atoms with E-state index in [2.05, 4.69) is 25.1 Å². The SMILES string of the molecule is CC.CC.Cc1ccc2c(c1)OCCC2. The van der Waals surface area contributed by atoms with Gasteiger partial charge >= 0.3 is 0 Å². The molecule has 0 amide bonds. The van der Waals surface area contributed by atoms with Crippen molar-refractivity contribution in [1.29, 1.82) is 0 Å². The third kappa shape index (κ3) is 4.37. The molecule has 1 heteroatoms. The molecule has 1 nitrogen and oxygen atoms in total. The number of benzene rings is 1. The predicted octanol–water partition coefficient (Wildman–Crippen LogP) is 4.37. The second-order valence-electron chi connectivity index (χ2n) is 3.06. The van der Waals surface area contributed by atoms with Crippen molar-refractivity contribution in [2.45, 2.75) is 47.5 Å². The lowest BCUT2D eigenvalue weighted by atomic mass is 10.0. The number of fused-ring (bicyclic) bond motifs is 1. The summed E-state index contributed by atoms with van der Waals surface area (Å²) in [5.41, 5.74) is 2.65. The normalized spacial score (nSPS) is 12.1. The van der Waals surface area contributed by atoms with Crippen molar-refractivity contribution in [2.75, 3.05) is 6.61 Å². The van der Waals surface area contributed by atoms with Gasteiger partial charge in [-0.15, -0.1) is 0 Å². The van der Waals surface area contributed by atoms with Gasteiger partial charge in [-0.25, -0.2) is 0 Å². The molecule has 86 valence electrons. The Labute approximate surface area is 94.5 Å². The Morgan fingerprint density at radius 2 is 1.73 bits per heavy atom. The highest BCUT2D eigenvalue weighted by molar-refractivity contribution is 5.38. The van der Waals surface area contributed by atoms with Crippen molar-refractivity contribution in [2.24, 2.45) is 0 Å². The molecule has 15 heavy (non-hydrogen) atoms. The van der Waals surface area contributed by atoms with Crippen LogP contribution in [-0.2, 0) is 6.42 Å². The average molecular weight is 208 g/mol. The molecule has 0 aliphatic carbocycles. The summed E-state index contributed by atoms with van der Waals surface area (Å²) in [7, 11) is 0. The van der Waals surface area contributed by atoms with Crippen LogP contribution in [0.3, 0.4) is 0 Å².